The van der Waals surface area contributed by atoms with E-state index in [0.29, 0.717) is 11.1 Å². The van der Waals surface area contributed by atoms with Gasteiger partial charge in [-0.2, -0.15) is 0 Å². The van der Waals surface area contributed by atoms with Crippen molar-refractivity contribution >= 4 is 55.8 Å². The van der Waals surface area contributed by atoms with Crippen LogP contribution in [-0.4, -0.2) is 106 Å². The molecule has 1 fully saturated rings. The molecule has 3 amide bonds. The Bertz CT molecular complexity index is 2440. The number of anilines is 1. The second-order valence-electron chi connectivity index (χ2n) is 18.8. The van der Waals surface area contributed by atoms with Crippen LogP contribution in [-0.2, 0) is 68.2 Å². The van der Waals surface area contributed by atoms with E-state index in [1.807, 2.05) is 48.5 Å². The van der Waals surface area contributed by atoms with Gasteiger partial charge in [-0.1, -0.05) is 101 Å². The number of amides is 3. The van der Waals surface area contributed by atoms with Crippen LogP contribution in [0, 0.1) is 17.8 Å². The normalized spacial score (nSPS) is 19.5. The standard InChI is InChI=1S/C51H63N3O14Si/c1-28(2)42(54-50(61)63-27-40-38-19-15-13-17-36(38)37-18-14-16-20-39(37)40)48(59)52-29(3)47(58)53-35-23-21-34(26-64-69(11,12)51(7,8)9)33(25-35)22-24-41-43(65-30(4)55)44(66-31(5)56)45(67-32(6)57)46(68-41)49(60)62-10/h13-21,23,25,28-29,40-46H,26-27H2,1-12H3,(H,52,59)(H,53,58)(H,54,61)/t29-,41?,42-,43?,44?,45?,46?/m0/s1. The van der Waals surface area contributed by atoms with Crippen molar-refractivity contribution in [3.8, 4) is 23.0 Å². The van der Waals surface area contributed by atoms with E-state index >= 15 is 0 Å². The Kier molecular flexibility index (Phi) is 17.6. The summed E-state index contributed by atoms with van der Waals surface area (Å²) in [6, 6.07) is 18.7. The predicted molar refractivity (Wildman–Crippen MR) is 256 cm³/mol. The highest BCUT2D eigenvalue weighted by atomic mass is 28.4. The van der Waals surface area contributed by atoms with E-state index in [4.69, 9.17) is 32.8 Å². The third kappa shape index (κ3) is 13.4. The van der Waals surface area contributed by atoms with Crippen LogP contribution in [0.3, 0.4) is 0 Å². The van der Waals surface area contributed by atoms with Crippen molar-refractivity contribution in [2.45, 2.75) is 136 Å². The molecule has 0 radical (unpaired) electrons. The summed E-state index contributed by atoms with van der Waals surface area (Å²) in [5.74, 6) is 0.700. The highest BCUT2D eigenvalue weighted by Gasteiger charge is 2.54. The summed E-state index contributed by atoms with van der Waals surface area (Å²) < 4.78 is 39.6. The lowest BCUT2D eigenvalue weighted by atomic mass is 9.93. The second-order valence-corrected chi connectivity index (χ2v) is 23.6. The minimum atomic E-state index is -2.32. The topological polar surface area (TPSA) is 220 Å². The summed E-state index contributed by atoms with van der Waals surface area (Å²) in [5, 5.41) is 8.04. The van der Waals surface area contributed by atoms with Gasteiger partial charge in [-0.25, -0.2) is 9.59 Å². The molecule has 17 nitrogen and oxygen atoms in total. The molecule has 2 aliphatic rings. The minimum Gasteiger partial charge on any atom is -0.467 e. The third-order valence-electron chi connectivity index (χ3n) is 12.3. The van der Waals surface area contributed by atoms with Gasteiger partial charge in [-0.05, 0) is 70.9 Å². The molecule has 18 heteroatoms. The van der Waals surface area contributed by atoms with Crippen LogP contribution in [0.5, 0.6) is 0 Å². The zero-order valence-corrected chi connectivity index (χ0v) is 42.2. The summed E-state index contributed by atoms with van der Waals surface area (Å²) in [5.41, 5.74) is 5.46. The van der Waals surface area contributed by atoms with Crippen molar-refractivity contribution in [2.75, 3.05) is 19.0 Å². The molecule has 69 heavy (non-hydrogen) atoms. The SMILES string of the molecule is COC(=O)C1OC(C#Cc2cc(NC(=O)[C@H](C)NC(=O)[C@@H](NC(=O)OCC3c4ccccc4-c4ccccc43)C(C)C)ccc2CO[Si](C)(C)C(C)(C)C)C(OC(C)=O)C(OC(C)=O)C1OC(C)=O. The van der Waals surface area contributed by atoms with E-state index in [1.54, 1.807) is 32.0 Å². The Morgan fingerprint density at radius 1 is 0.754 bits per heavy atom. The number of nitrogens with one attached hydrogen (secondary N) is 3. The first-order chi connectivity index (χ1) is 32.4. The lowest BCUT2D eigenvalue weighted by Gasteiger charge is -2.42. The molecule has 1 aliphatic carbocycles. The molecule has 3 aromatic rings. The first-order valence-corrected chi connectivity index (χ1v) is 25.6. The van der Waals surface area contributed by atoms with Crippen LogP contribution in [0.15, 0.2) is 66.7 Å². The Morgan fingerprint density at radius 3 is 1.87 bits per heavy atom. The number of alkyl carbamates (subject to hydrolysis) is 1. The number of benzene rings is 3. The van der Waals surface area contributed by atoms with Crippen LogP contribution in [0.4, 0.5) is 10.5 Å². The minimum absolute atomic E-state index is 0.0541. The fourth-order valence-corrected chi connectivity index (χ4v) is 8.62. The zero-order chi connectivity index (χ0) is 51.0. The Morgan fingerprint density at radius 2 is 1.32 bits per heavy atom. The van der Waals surface area contributed by atoms with Crippen molar-refractivity contribution in [2.24, 2.45) is 5.92 Å². The summed E-state index contributed by atoms with van der Waals surface area (Å²) >= 11 is 0. The van der Waals surface area contributed by atoms with Gasteiger partial charge in [0.25, 0.3) is 0 Å². The number of fused-ring (bicyclic) bond motifs is 3. The number of esters is 4. The lowest BCUT2D eigenvalue weighted by Crippen LogP contribution is -2.63. The molecule has 5 rings (SSSR count). The lowest BCUT2D eigenvalue weighted by molar-refractivity contribution is -0.239. The number of methoxy groups -OCH3 is 1. The average Bonchev–Trinajstić information content (AvgIpc) is 3.59. The molecule has 1 aliphatic heterocycles. The van der Waals surface area contributed by atoms with E-state index < -0.39 is 92.7 Å². The number of carbonyl (C=O) groups excluding carboxylic acids is 7. The molecule has 3 aromatic carbocycles. The van der Waals surface area contributed by atoms with Gasteiger partial charge >= 0.3 is 30.0 Å². The van der Waals surface area contributed by atoms with Gasteiger partial charge in [-0.15, -0.1) is 0 Å². The molecule has 370 valence electrons. The monoisotopic (exact) mass is 969 g/mol. The molecule has 0 aromatic heterocycles. The molecule has 0 spiro atoms. The van der Waals surface area contributed by atoms with E-state index in [2.05, 4.69) is 61.7 Å². The van der Waals surface area contributed by atoms with E-state index in [1.165, 1.54) is 6.92 Å². The summed E-state index contributed by atoms with van der Waals surface area (Å²) in [6.07, 6.45) is -8.48. The van der Waals surface area contributed by atoms with Gasteiger partial charge in [0.15, 0.2) is 38.8 Å². The van der Waals surface area contributed by atoms with Crippen molar-refractivity contribution in [3.63, 3.8) is 0 Å². The molecule has 0 bridgehead atoms. The highest BCUT2D eigenvalue weighted by Crippen LogP contribution is 2.44. The first-order valence-electron chi connectivity index (χ1n) is 22.7. The molecule has 3 N–H and O–H groups in total. The van der Waals surface area contributed by atoms with E-state index in [-0.39, 0.29) is 35.8 Å². The Hall–Kier alpha value is -6.55. The fraction of sp³-hybridized carbons (Fsp3) is 0.471. The predicted octanol–water partition coefficient (Wildman–Crippen LogP) is 6.30. The average molecular weight is 970 g/mol. The Labute approximate surface area is 404 Å². The Balaban J connectivity index is 1.36. The number of ether oxygens (including phenoxy) is 6. The van der Waals surface area contributed by atoms with Gasteiger partial charge in [0.05, 0.1) is 13.7 Å². The van der Waals surface area contributed by atoms with Gasteiger partial charge in [0.1, 0.15) is 18.7 Å². The van der Waals surface area contributed by atoms with Gasteiger partial charge in [0.2, 0.25) is 11.8 Å². The summed E-state index contributed by atoms with van der Waals surface area (Å²) in [4.78, 5) is 90.6. The quantitative estimate of drug-likeness (QED) is 0.0659. The molecule has 7 atom stereocenters. The number of hydrogen-bond acceptors (Lipinski definition) is 14. The van der Waals surface area contributed by atoms with Crippen molar-refractivity contribution in [3.05, 3.63) is 89.0 Å². The molecular formula is C51H63N3O14Si. The van der Waals surface area contributed by atoms with Crippen LogP contribution < -0.4 is 16.0 Å². The van der Waals surface area contributed by atoms with Crippen molar-refractivity contribution < 1.29 is 66.4 Å². The number of rotatable bonds is 15. The van der Waals surface area contributed by atoms with Crippen LogP contribution in [0.1, 0.15) is 90.5 Å². The number of carbonyl (C=O) groups is 7. The highest BCUT2D eigenvalue weighted by molar-refractivity contribution is 6.74. The zero-order valence-electron chi connectivity index (χ0n) is 41.2. The maximum Gasteiger partial charge on any atom is 0.407 e. The number of hydrogen-bond donors (Lipinski definition) is 3. The summed E-state index contributed by atoms with van der Waals surface area (Å²) in [7, 11) is -1.23. The largest absolute Gasteiger partial charge is 0.467 e. The molecule has 0 saturated carbocycles. The molecule has 1 heterocycles. The first kappa shape index (κ1) is 53.4. The molecular weight excluding hydrogens is 907 g/mol. The molecule has 5 unspecified atom stereocenters. The maximum atomic E-state index is 13.7. The van der Waals surface area contributed by atoms with Crippen LogP contribution >= 0.6 is 0 Å². The van der Waals surface area contributed by atoms with Gasteiger partial charge in [0, 0.05) is 37.9 Å². The maximum absolute atomic E-state index is 13.7. The third-order valence-corrected chi connectivity index (χ3v) is 16.8. The smallest absolute Gasteiger partial charge is 0.407 e. The van der Waals surface area contributed by atoms with Crippen LogP contribution in [0.2, 0.25) is 18.1 Å². The van der Waals surface area contributed by atoms with Gasteiger partial charge < -0.3 is 48.8 Å². The van der Waals surface area contributed by atoms with Crippen molar-refractivity contribution in [1.29, 1.82) is 0 Å². The second kappa shape index (κ2) is 22.7. The van der Waals surface area contributed by atoms with E-state index in [0.717, 1.165) is 50.1 Å². The van der Waals surface area contributed by atoms with Crippen molar-refractivity contribution in [1.82, 2.24) is 10.6 Å². The van der Waals surface area contributed by atoms with Crippen LogP contribution in [0.25, 0.3) is 11.1 Å². The summed E-state index contributed by atoms with van der Waals surface area (Å²) in [6.45, 7) is 18.9. The fourth-order valence-electron chi connectivity index (χ4n) is 7.67. The van der Waals surface area contributed by atoms with Gasteiger partial charge in [-0.3, -0.25) is 24.0 Å². The molecule has 1 saturated heterocycles. The van der Waals surface area contributed by atoms with E-state index in [9.17, 15) is 33.6 Å².